The maximum atomic E-state index is 6.23. The fourth-order valence-electron chi connectivity index (χ4n) is 2.27. The van der Waals surface area contributed by atoms with E-state index in [0.717, 1.165) is 30.6 Å². The van der Waals surface area contributed by atoms with E-state index in [1.807, 2.05) is 0 Å². The number of thiophene rings is 1. The van der Waals surface area contributed by atoms with E-state index >= 15 is 0 Å². The number of halogens is 1. The minimum Gasteiger partial charge on any atom is -0.385 e. The van der Waals surface area contributed by atoms with Gasteiger partial charge in [-0.25, -0.2) is 0 Å². The molecule has 0 radical (unpaired) electrons. The summed E-state index contributed by atoms with van der Waals surface area (Å²) < 4.78 is 11.5. The van der Waals surface area contributed by atoms with Gasteiger partial charge >= 0.3 is 0 Å². The van der Waals surface area contributed by atoms with Crippen LogP contribution in [0.2, 0.25) is 0 Å². The molecule has 1 rings (SSSR count). The second-order valence-corrected chi connectivity index (χ2v) is 6.70. The lowest BCUT2D eigenvalue weighted by Gasteiger charge is -2.33. The van der Waals surface area contributed by atoms with E-state index in [2.05, 4.69) is 39.2 Å². The van der Waals surface area contributed by atoms with Crippen LogP contribution in [0.25, 0.3) is 0 Å². The molecule has 0 spiro atoms. The second kappa shape index (κ2) is 9.87. The first-order valence-corrected chi connectivity index (χ1v) is 8.48. The molecule has 0 aliphatic carbocycles. The molecule has 0 bridgehead atoms. The van der Waals surface area contributed by atoms with Gasteiger partial charge in [0.2, 0.25) is 0 Å². The molecule has 2 N–H and O–H groups in total. The third-order valence-corrected chi connectivity index (χ3v) is 4.91. The Kier molecular flexibility index (Phi) is 8.91. The van der Waals surface area contributed by atoms with Gasteiger partial charge in [0.05, 0.1) is 12.6 Å². The van der Waals surface area contributed by atoms with Gasteiger partial charge in [-0.2, -0.15) is 0 Å². The van der Waals surface area contributed by atoms with Crippen LogP contribution in [0.3, 0.4) is 0 Å². The molecule has 1 aromatic rings. The first-order chi connectivity index (χ1) is 9.60. The van der Waals surface area contributed by atoms with Crippen molar-refractivity contribution in [3.8, 4) is 0 Å². The van der Waals surface area contributed by atoms with Crippen molar-refractivity contribution < 1.29 is 9.47 Å². The van der Waals surface area contributed by atoms with Gasteiger partial charge in [0.1, 0.15) is 0 Å². The van der Waals surface area contributed by atoms with Crippen molar-refractivity contribution in [2.24, 2.45) is 5.73 Å². The first-order valence-electron chi connectivity index (χ1n) is 6.81. The second-order valence-electron chi connectivity index (χ2n) is 4.85. The van der Waals surface area contributed by atoms with Crippen LogP contribution in [-0.4, -0.2) is 51.5 Å². The van der Waals surface area contributed by atoms with Crippen molar-refractivity contribution in [3.05, 3.63) is 20.8 Å². The van der Waals surface area contributed by atoms with E-state index < -0.39 is 0 Å². The summed E-state index contributed by atoms with van der Waals surface area (Å²) in [5, 5.41) is 2.11. The fraction of sp³-hybridized carbons (Fsp3) is 0.714. The minimum absolute atomic E-state index is 0.0694. The Morgan fingerprint density at radius 2 is 2.00 bits per heavy atom. The Morgan fingerprint density at radius 1 is 1.30 bits per heavy atom. The number of hydrogen-bond acceptors (Lipinski definition) is 5. The molecule has 20 heavy (non-hydrogen) atoms. The zero-order valence-electron chi connectivity index (χ0n) is 12.5. The average molecular weight is 365 g/mol. The monoisotopic (exact) mass is 364 g/mol. The average Bonchev–Trinajstić information content (AvgIpc) is 2.81. The zero-order valence-corrected chi connectivity index (χ0v) is 14.9. The van der Waals surface area contributed by atoms with E-state index in [9.17, 15) is 0 Å². The van der Waals surface area contributed by atoms with Crippen molar-refractivity contribution in [1.82, 2.24) is 4.90 Å². The molecule has 0 aliphatic heterocycles. The smallest absolute Gasteiger partial charge is 0.0591 e. The molecule has 0 aliphatic rings. The van der Waals surface area contributed by atoms with Crippen molar-refractivity contribution in [2.45, 2.75) is 25.4 Å². The van der Waals surface area contributed by atoms with Crippen molar-refractivity contribution >= 4 is 27.3 Å². The molecule has 2 atom stereocenters. The van der Waals surface area contributed by atoms with Gasteiger partial charge in [0.25, 0.3) is 0 Å². The van der Waals surface area contributed by atoms with Gasteiger partial charge in [-0.1, -0.05) is 0 Å². The molecule has 1 heterocycles. The van der Waals surface area contributed by atoms with Gasteiger partial charge in [-0.15, -0.1) is 11.3 Å². The summed E-state index contributed by atoms with van der Waals surface area (Å²) in [7, 11) is 3.47. The number of hydrogen-bond donors (Lipinski definition) is 1. The van der Waals surface area contributed by atoms with Crippen LogP contribution in [0.4, 0.5) is 0 Å². The van der Waals surface area contributed by atoms with Gasteiger partial charge in [0, 0.05) is 54.7 Å². The molecular formula is C14H25BrN2O2S. The number of nitrogens with two attached hydrogens (primary N) is 1. The highest BCUT2D eigenvalue weighted by Gasteiger charge is 2.25. The maximum absolute atomic E-state index is 6.23. The standard InChI is InChI=1S/C14H25BrN2O2S/c1-11(16)14(13-9-12(15)10-20-13)17(6-8-19-3)5-4-7-18-2/h9-11,14H,4-8,16H2,1-3H3. The highest BCUT2D eigenvalue weighted by Crippen LogP contribution is 2.31. The summed E-state index contributed by atoms with van der Waals surface area (Å²) in [5.41, 5.74) is 6.23. The SMILES string of the molecule is COCCCN(CCOC)C(c1cc(Br)cs1)C(C)N. The summed E-state index contributed by atoms with van der Waals surface area (Å²) >= 11 is 5.27. The van der Waals surface area contributed by atoms with Crippen molar-refractivity contribution in [2.75, 3.05) is 40.5 Å². The summed E-state index contributed by atoms with van der Waals surface area (Å²) in [4.78, 5) is 3.69. The Balaban J connectivity index is 2.80. The molecule has 0 fully saturated rings. The van der Waals surface area contributed by atoms with E-state index in [1.165, 1.54) is 4.88 Å². The predicted molar refractivity (Wildman–Crippen MR) is 88.4 cm³/mol. The number of rotatable bonds is 10. The third-order valence-electron chi connectivity index (χ3n) is 3.15. The Bertz CT molecular complexity index is 374. The molecule has 0 aromatic carbocycles. The number of nitrogens with zero attached hydrogens (tertiary/aromatic N) is 1. The van der Waals surface area contributed by atoms with Gasteiger partial charge < -0.3 is 15.2 Å². The minimum atomic E-state index is 0.0694. The van der Waals surface area contributed by atoms with E-state index in [1.54, 1.807) is 25.6 Å². The van der Waals surface area contributed by atoms with E-state index in [-0.39, 0.29) is 12.1 Å². The summed E-state index contributed by atoms with van der Waals surface area (Å²) in [6.45, 7) is 5.38. The summed E-state index contributed by atoms with van der Waals surface area (Å²) in [5.74, 6) is 0. The normalized spacial score (nSPS) is 14.7. The molecule has 4 nitrogen and oxygen atoms in total. The van der Waals surface area contributed by atoms with E-state index in [0.29, 0.717) is 6.61 Å². The number of methoxy groups -OCH3 is 2. The molecule has 0 saturated carbocycles. The van der Waals surface area contributed by atoms with Gasteiger partial charge in [-0.05, 0) is 35.3 Å². The molecule has 0 saturated heterocycles. The molecular weight excluding hydrogens is 340 g/mol. The van der Waals surface area contributed by atoms with Gasteiger partial charge in [-0.3, -0.25) is 4.90 Å². The quantitative estimate of drug-likeness (QED) is 0.648. The highest BCUT2D eigenvalue weighted by atomic mass is 79.9. The van der Waals surface area contributed by atoms with Crippen LogP contribution in [0, 0.1) is 0 Å². The number of ether oxygens (including phenoxy) is 2. The predicted octanol–water partition coefficient (Wildman–Crippen LogP) is 2.88. The Morgan fingerprint density at radius 3 is 2.50 bits per heavy atom. The zero-order chi connectivity index (χ0) is 15.0. The lowest BCUT2D eigenvalue weighted by molar-refractivity contribution is 0.0993. The van der Waals surface area contributed by atoms with Crippen LogP contribution < -0.4 is 5.73 Å². The third kappa shape index (κ3) is 5.79. The summed E-state index contributed by atoms with van der Waals surface area (Å²) in [6.07, 6.45) is 0.996. The lowest BCUT2D eigenvalue weighted by atomic mass is 10.1. The van der Waals surface area contributed by atoms with Crippen molar-refractivity contribution in [1.29, 1.82) is 0 Å². The molecule has 2 unspecified atom stereocenters. The topological polar surface area (TPSA) is 47.7 Å². The van der Waals surface area contributed by atoms with Crippen LogP contribution in [0.15, 0.2) is 15.9 Å². The van der Waals surface area contributed by atoms with Crippen LogP contribution in [-0.2, 0) is 9.47 Å². The largest absolute Gasteiger partial charge is 0.385 e. The van der Waals surface area contributed by atoms with E-state index in [4.69, 9.17) is 15.2 Å². The highest BCUT2D eigenvalue weighted by molar-refractivity contribution is 9.10. The molecule has 0 amide bonds. The molecule has 6 heteroatoms. The van der Waals surface area contributed by atoms with Crippen molar-refractivity contribution in [3.63, 3.8) is 0 Å². The fourth-order valence-corrected chi connectivity index (χ4v) is 3.96. The molecule has 116 valence electrons. The lowest BCUT2D eigenvalue weighted by Crippen LogP contribution is -2.41. The van der Waals surface area contributed by atoms with Crippen LogP contribution in [0.5, 0.6) is 0 Å². The summed E-state index contributed by atoms with van der Waals surface area (Å²) in [6, 6.07) is 2.45. The first kappa shape index (κ1) is 18.1. The Labute approximate surface area is 134 Å². The van der Waals surface area contributed by atoms with Crippen LogP contribution >= 0.6 is 27.3 Å². The maximum Gasteiger partial charge on any atom is 0.0591 e. The van der Waals surface area contributed by atoms with Gasteiger partial charge in [0.15, 0.2) is 0 Å². The van der Waals surface area contributed by atoms with Crippen LogP contribution in [0.1, 0.15) is 24.3 Å². The molecule has 1 aromatic heterocycles. The Hall–Kier alpha value is 0.0200.